The van der Waals surface area contributed by atoms with E-state index in [1.807, 2.05) is 13.8 Å². The van der Waals surface area contributed by atoms with Gasteiger partial charge in [-0.15, -0.1) is 11.3 Å². The molecule has 2 aromatic heterocycles. The van der Waals surface area contributed by atoms with Crippen LogP contribution < -0.4 is 5.43 Å². The topological polar surface area (TPSA) is 54.6 Å². The van der Waals surface area contributed by atoms with Gasteiger partial charge < -0.3 is 4.42 Å². The molecule has 0 aliphatic rings. The fourth-order valence-electron chi connectivity index (χ4n) is 2.10. The van der Waals surface area contributed by atoms with E-state index in [1.54, 1.807) is 24.3 Å². The molecule has 0 radical (unpaired) electrons. The third-order valence-electron chi connectivity index (χ3n) is 3.04. The lowest BCUT2D eigenvalue weighted by molar-refractivity contribution is 0.0953. The highest BCUT2D eigenvalue weighted by molar-refractivity contribution is 7.12. The second-order valence-electron chi connectivity index (χ2n) is 4.79. The summed E-state index contributed by atoms with van der Waals surface area (Å²) in [4.78, 5) is 14.5. The Kier molecular flexibility index (Phi) is 4.09. The van der Waals surface area contributed by atoms with E-state index in [1.165, 1.54) is 9.75 Å². The SMILES string of the molecule is C/C(=N/NC(=O)c1cc(C)oc1C)c1cc(C)sc1C. The van der Waals surface area contributed by atoms with Crippen LogP contribution in [-0.4, -0.2) is 11.6 Å². The molecule has 1 N–H and O–H groups in total. The maximum Gasteiger partial charge on any atom is 0.274 e. The number of thiophene rings is 1. The van der Waals surface area contributed by atoms with Crippen LogP contribution in [0, 0.1) is 27.7 Å². The predicted molar refractivity (Wildman–Crippen MR) is 81.7 cm³/mol. The van der Waals surface area contributed by atoms with Crippen molar-refractivity contribution in [2.75, 3.05) is 0 Å². The molecular formula is C15H18N2O2S. The largest absolute Gasteiger partial charge is 0.466 e. The quantitative estimate of drug-likeness (QED) is 0.691. The average molecular weight is 290 g/mol. The molecule has 2 aromatic rings. The van der Waals surface area contributed by atoms with Crippen LogP contribution in [-0.2, 0) is 0 Å². The lowest BCUT2D eigenvalue weighted by atomic mass is 10.2. The number of hydrogen-bond donors (Lipinski definition) is 1. The summed E-state index contributed by atoms with van der Waals surface area (Å²) in [5.41, 5.74) is 4.99. The molecule has 0 unspecified atom stereocenters. The molecule has 0 fully saturated rings. The Morgan fingerprint density at radius 3 is 2.40 bits per heavy atom. The second kappa shape index (κ2) is 5.63. The van der Waals surface area contributed by atoms with Gasteiger partial charge in [-0.3, -0.25) is 4.79 Å². The average Bonchev–Trinajstić information content (AvgIpc) is 2.88. The Balaban J connectivity index is 2.15. The summed E-state index contributed by atoms with van der Waals surface area (Å²) in [6.07, 6.45) is 0. The van der Waals surface area contributed by atoms with Crippen LogP contribution in [0.25, 0.3) is 0 Å². The molecule has 1 amide bonds. The Bertz CT molecular complexity index is 680. The van der Waals surface area contributed by atoms with Crippen molar-refractivity contribution in [3.05, 3.63) is 44.5 Å². The fraction of sp³-hybridized carbons (Fsp3) is 0.333. The van der Waals surface area contributed by atoms with Crippen LogP contribution in [0.3, 0.4) is 0 Å². The summed E-state index contributed by atoms with van der Waals surface area (Å²) in [7, 11) is 0. The van der Waals surface area contributed by atoms with E-state index in [0.29, 0.717) is 11.3 Å². The molecule has 5 heteroatoms. The van der Waals surface area contributed by atoms with E-state index >= 15 is 0 Å². The van der Waals surface area contributed by atoms with Crippen molar-refractivity contribution in [2.24, 2.45) is 5.10 Å². The standard InChI is InChI=1S/C15H18N2O2S/c1-8-6-14(11(4)19-8)15(18)17-16-10(3)13-7-9(2)20-12(13)5/h6-7H,1-5H3,(H,17,18)/b16-10-. The van der Waals surface area contributed by atoms with Crippen molar-refractivity contribution in [2.45, 2.75) is 34.6 Å². The summed E-state index contributed by atoms with van der Waals surface area (Å²) >= 11 is 1.73. The van der Waals surface area contributed by atoms with Gasteiger partial charge in [-0.1, -0.05) is 0 Å². The molecule has 0 spiro atoms. The number of nitrogens with zero attached hydrogens (tertiary/aromatic N) is 1. The van der Waals surface area contributed by atoms with Gasteiger partial charge in [0, 0.05) is 15.3 Å². The molecule has 0 bridgehead atoms. The molecule has 2 rings (SSSR count). The van der Waals surface area contributed by atoms with E-state index in [2.05, 4.69) is 30.4 Å². The van der Waals surface area contributed by atoms with Gasteiger partial charge in [0.25, 0.3) is 5.91 Å². The predicted octanol–water partition coefficient (Wildman–Crippen LogP) is 3.73. The van der Waals surface area contributed by atoms with Crippen LogP contribution in [0.15, 0.2) is 21.7 Å². The number of aryl methyl sites for hydroxylation is 4. The second-order valence-corrected chi connectivity index (χ2v) is 6.25. The normalized spacial score (nSPS) is 11.8. The highest BCUT2D eigenvalue weighted by atomic mass is 32.1. The van der Waals surface area contributed by atoms with Gasteiger partial charge in [0.2, 0.25) is 0 Å². The third kappa shape index (κ3) is 2.99. The molecule has 0 aliphatic carbocycles. The van der Waals surface area contributed by atoms with Gasteiger partial charge in [0.15, 0.2) is 0 Å². The maximum absolute atomic E-state index is 12.0. The molecule has 20 heavy (non-hydrogen) atoms. The van der Waals surface area contributed by atoms with Gasteiger partial charge in [0.1, 0.15) is 11.5 Å². The van der Waals surface area contributed by atoms with Crippen LogP contribution in [0.1, 0.15) is 44.1 Å². The molecule has 0 atom stereocenters. The first-order valence-corrected chi connectivity index (χ1v) is 7.19. The minimum Gasteiger partial charge on any atom is -0.466 e. The molecular weight excluding hydrogens is 272 g/mol. The molecule has 106 valence electrons. The minimum absolute atomic E-state index is 0.247. The van der Waals surface area contributed by atoms with Crippen molar-refractivity contribution in [1.29, 1.82) is 0 Å². The van der Waals surface area contributed by atoms with Gasteiger partial charge in [-0.2, -0.15) is 5.10 Å². The van der Waals surface area contributed by atoms with E-state index in [9.17, 15) is 4.79 Å². The van der Waals surface area contributed by atoms with Crippen molar-refractivity contribution in [1.82, 2.24) is 5.43 Å². The fourth-order valence-corrected chi connectivity index (χ4v) is 3.08. The highest BCUT2D eigenvalue weighted by Crippen LogP contribution is 2.21. The zero-order chi connectivity index (χ0) is 14.9. The van der Waals surface area contributed by atoms with Gasteiger partial charge in [0.05, 0.1) is 11.3 Å². The number of hydrogen-bond acceptors (Lipinski definition) is 4. The number of nitrogens with one attached hydrogen (secondary N) is 1. The molecule has 0 saturated heterocycles. The zero-order valence-corrected chi connectivity index (χ0v) is 13.1. The number of hydrazone groups is 1. The maximum atomic E-state index is 12.0. The van der Waals surface area contributed by atoms with Crippen LogP contribution in [0.4, 0.5) is 0 Å². The van der Waals surface area contributed by atoms with Gasteiger partial charge in [-0.05, 0) is 46.8 Å². The zero-order valence-electron chi connectivity index (χ0n) is 12.3. The number of rotatable bonds is 3. The first-order chi connectivity index (χ1) is 9.38. The number of amides is 1. The van der Waals surface area contributed by atoms with E-state index in [-0.39, 0.29) is 5.91 Å². The molecule has 0 aliphatic heterocycles. The summed E-state index contributed by atoms with van der Waals surface area (Å²) in [5, 5.41) is 4.18. The number of furan rings is 1. The van der Waals surface area contributed by atoms with Crippen molar-refractivity contribution < 1.29 is 9.21 Å². The minimum atomic E-state index is -0.247. The third-order valence-corrected chi connectivity index (χ3v) is 4.01. The van der Waals surface area contributed by atoms with E-state index < -0.39 is 0 Å². The molecule has 0 saturated carbocycles. The van der Waals surface area contributed by atoms with Crippen molar-refractivity contribution in [3.8, 4) is 0 Å². The molecule has 0 aromatic carbocycles. The summed E-state index contributed by atoms with van der Waals surface area (Å²) in [5.74, 6) is 1.08. The Labute approximate surface area is 122 Å². The molecule has 2 heterocycles. The first kappa shape index (κ1) is 14.5. The first-order valence-electron chi connectivity index (χ1n) is 6.37. The summed E-state index contributed by atoms with van der Waals surface area (Å²) in [6.45, 7) is 9.59. The highest BCUT2D eigenvalue weighted by Gasteiger charge is 2.13. The Morgan fingerprint density at radius 1 is 1.20 bits per heavy atom. The molecule has 4 nitrogen and oxygen atoms in total. The Hall–Kier alpha value is -1.88. The summed E-state index contributed by atoms with van der Waals surface area (Å²) in [6, 6.07) is 3.80. The lowest BCUT2D eigenvalue weighted by Crippen LogP contribution is -2.19. The smallest absolute Gasteiger partial charge is 0.274 e. The number of carbonyl (C=O) groups excluding carboxylic acids is 1. The lowest BCUT2D eigenvalue weighted by Gasteiger charge is -2.01. The van der Waals surface area contributed by atoms with Crippen molar-refractivity contribution in [3.63, 3.8) is 0 Å². The van der Waals surface area contributed by atoms with Crippen molar-refractivity contribution >= 4 is 23.0 Å². The van der Waals surface area contributed by atoms with Gasteiger partial charge >= 0.3 is 0 Å². The number of carbonyl (C=O) groups is 1. The van der Waals surface area contributed by atoms with Crippen LogP contribution in [0.5, 0.6) is 0 Å². The summed E-state index contributed by atoms with van der Waals surface area (Å²) < 4.78 is 5.34. The Morgan fingerprint density at radius 2 is 1.90 bits per heavy atom. The van der Waals surface area contributed by atoms with E-state index in [4.69, 9.17) is 4.42 Å². The van der Waals surface area contributed by atoms with Gasteiger partial charge in [-0.25, -0.2) is 5.43 Å². The monoisotopic (exact) mass is 290 g/mol. The van der Waals surface area contributed by atoms with Crippen LogP contribution >= 0.6 is 11.3 Å². The van der Waals surface area contributed by atoms with Crippen LogP contribution in [0.2, 0.25) is 0 Å². The van der Waals surface area contributed by atoms with E-state index in [0.717, 1.165) is 17.0 Å².